The summed E-state index contributed by atoms with van der Waals surface area (Å²) < 4.78 is 42.1. The van der Waals surface area contributed by atoms with E-state index in [1.807, 2.05) is 0 Å². The molecule has 1 aromatic heterocycles. The molecule has 2 N–H and O–H groups in total. The summed E-state index contributed by atoms with van der Waals surface area (Å²) in [7, 11) is 0. The lowest BCUT2D eigenvalue weighted by molar-refractivity contribution is -0.138. The Labute approximate surface area is 193 Å². The fourth-order valence-corrected chi connectivity index (χ4v) is 4.19. The molecule has 0 spiro atoms. The molecule has 178 valence electrons. The van der Waals surface area contributed by atoms with E-state index in [2.05, 4.69) is 10.4 Å². The number of carbonyl (C=O) groups excluding carboxylic acids is 1. The number of carboxylic acids is 1. The minimum atomic E-state index is -4.47. The highest BCUT2D eigenvalue weighted by molar-refractivity contribution is 6.00. The highest BCUT2D eigenvalue weighted by Crippen LogP contribution is 2.35. The zero-order valence-corrected chi connectivity index (χ0v) is 18.6. The number of carbonyl (C=O) groups is 2. The number of aromatic nitrogens is 2. The second-order valence-corrected chi connectivity index (χ2v) is 8.21. The first kappa shape index (κ1) is 23.3. The van der Waals surface area contributed by atoms with E-state index >= 15 is 0 Å². The van der Waals surface area contributed by atoms with Gasteiger partial charge in [-0.15, -0.1) is 0 Å². The number of aromatic carboxylic acids is 1. The molecule has 0 fully saturated rings. The third-order valence-corrected chi connectivity index (χ3v) is 5.90. The van der Waals surface area contributed by atoms with Crippen molar-refractivity contribution in [2.45, 2.75) is 39.2 Å². The van der Waals surface area contributed by atoms with Crippen LogP contribution in [0.2, 0.25) is 0 Å². The number of hydrogen-bond acceptors (Lipinski definition) is 4. The third kappa shape index (κ3) is 4.48. The Bertz CT molecular complexity index is 1240. The number of rotatable bonds is 6. The van der Waals surface area contributed by atoms with Crippen LogP contribution in [-0.4, -0.2) is 33.3 Å². The lowest BCUT2D eigenvalue weighted by atomic mass is 10.0. The highest BCUT2D eigenvalue weighted by Gasteiger charge is 2.35. The van der Waals surface area contributed by atoms with Gasteiger partial charge in [-0.25, -0.2) is 9.48 Å². The van der Waals surface area contributed by atoms with Crippen LogP contribution >= 0.6 is 0 Å². The fourth-order valence-electron chi connectivity index (χ4n) is 4.19. The summed E-state index contributed by atoms with van der Waals surface area (Å²) >= 11 is 0. The van der Waals surface area contributed by atoms with Crippen molar-refractivity contribution in [2.24, 2.45) is 0 Å². The molecule has 0 saturated heterocycles. The molecule has 1 aliphatic rings. The molecule has 7 nitrogen and oxygen atoms in total. The average molecular weight is 472 g/mol. The number of nitrogens with zero attached hydrogens (tertiary/aromatic N) is 3. The van der Waals surface area contributed by atoms with Crippen LogP contribution in [0.3, 0.4) is 0 Å². The summed E-state index contributed by atoms with van der Waals surface area (Å²) in [5.41, 5.74) is 1.08. The second-order valence-electron chi connectivity index (χ2n) is 8.21. The molecular weight excluding hydrogens is 449 g/mol. The van der Waals surface area contributed by atoms with E-state index in [-0.39, 0.29) is 17.7 Å². The topological polar surface area (TPSA) is 87.5 Å². The van der Waals surface area contributed by atoms with Crippen LogP contribution in [0.5, 0.6) is 0 Å². The van der Waals surface area contributed by atoms with Crippen LogP contribution in [0, 0.1) is 6.92 Å². The van der Waals surface area contributed by atoms with Crippen molar-refractivity contribution in [1.29, 1.82) is 0 Å². The number of anilines is 1. The molecule has 1 atom stereocenters. The van der Waals surface area contributed by atoms with Crippen molar-refractivity contribution in [3.05, 3.63) is 82.0 Å². The molecule has 2 heterocycles. The van der Waals surface area contributed by atoms with Gasteiger partial charge in [-0.2, -0.15) is 18.3 Å². The molecule has 0 saturated carbocycles. The maximum absolute atomic E-state index is 13.5. The van der Waals surface area contributed by atoms with Crippen LogP contribution in [-0.2, 0) is 19.3 Å². The van der Waals surface area contributed by atoms with Crippen molar-refractivity contribution in [3.63, 3.8) is 0 Å². The quantitative estimate of drug-likeness (QED) is 0.555. The minimum Gasteiger partial charge on any atom is -0.478 e. The average Bonchev–Trinajstić information content (AvgIpc) is 3.31. The van der Waals surface area contributed by atoms with Gasteiger partial charge in [0.15, 0.2) is 0 Å². The van der Waals surface area contributed by atoms with Crippen molar-refractivity contribution >= 4 is 17.7 Å². The largest absolute Gasteiger partial charge is 0.478 e. The number of amides is 1. The standard InChI is InChI=1S/C24H23F3N4O3/c1-14(16-7-9-17(10-8-16)23(33)34)28-21(32)20-15(2)29-31-12-11-30(22(20)31)13-18-5-3-4-6-19(18)24(25,26)27/h3-10,14H,11-13H2,1-2H3,(H,28,32)(H,33,34)/t14-/m0/s1. The molecule has 10 heteroatoms. The minimum absolute atomic E-state index is 0.00665. The van der Waals surface area contributed by atoms with Gasteiger partial charge in [-0.3, -0.25) is 4.79 Å². The summed E-state index contributed by atoms with van der Waals surface area (Å²) in [4.78, 5) is 26.0. The Morgan fingerprint density at radius 1 is 1.12 bits per heavy atom. The van der Waals surface area contributed by atoms with Crippen LogP contribution in [0.15, 0.2) is 48.5 Å². The summed E-state index contributed by atoms with van der Waals surface area (Å²) in [5.74, 6) is -0.952. The van der Waals surface area contributed by atoms with Crippen LogP contribution in [0.4, 0.5) is 19.0 Å². The lowest BCUT2D eigenvalue weighted by Gasteiger charge is -2.22. The van der Waals surface area contributed by atoms with Gasteiger partial charge >= 0.3 is 12.1 Å². The molecule has 0 bridgehead atoms. The Hall–Kier alpha value is -3.82. The van der Waals surface area contributed by atoms with E-state index in [1.54, 1.807) is 41.6 Å². The number of fused-ring (bicyclic) bond motifs is 1. The van der Waals surface area contributed by atoms with Crippen LogP contribution in [0.1, 0.15) is 56.1 Å². The summed E-state index contributed by atoms with van der Waals surface area (Å²) in [6.07, 6.45) is -4.47. The van der Waals surface area contributed by atoms with Gasteiger partial charge in [0.2, 0.25) is 0 Å². The molecule has 2 aromatic carbocycles. The van der Waals surface area contributed by atoms with E-state index in [0.717, 1.165) is 11.6 Å². The van der Waals surface area contributed by atoms with Crippen LogP contribution < -0.4 is 10.2 Å². The van der Waals surface area contributed by atoms with E-state index in [9.17, 15) is 22.8 Å². The first-order chi connectivity index (χ1) is 16.1. The smallest absolute Gasteiger partial charge is 0.416 e. The van der Waals surface area contributed by atoms with E-state index in [1.165, 1.54) is 24.3 Å². The molecule has 34 heavy (non-hydrogen) atoms. The predicted octanol–water partition coefficient (Wildman–Crippen LogP) is 4.42. The van der Waals surface area contributed by atoms with E-state index in [0.29, 0.717) is 30.2 Å². The van der Waals surface area contributed by atoms with Gasteiger partial charge in [0, 0.05) is 13.1 Å². The second kappa shape index (κ2) is 8.85. The molecule has 0 radical (unpaired) electrons. The zero-order valence-electron chi connectivity index (χ0n) is 18.6. The SMILES string of the molecule is Cc1nn2c(c1C(=O)N[C@@H](C)c1ccc(C(=O)O)cc1)N(Cc1ccccc1C(F)(F)F)CC2. The number of aryl methyl sites for hydroxylation is 1. The van der Waals surface area contributed by atoms with Crippen molar-refractivity contribution in [2.75, 3.05) is 11.4 Å². The number of alkyl halides is 3. The Balaban J connectivity index is 1.58. The van der Waals surface area contributed by atoms with Gasteiger partial charge in [0.1, 0.15) is 11.4 Å². The Morgan fingerprint density at radius 3 is 2.44 bits per heavy atom. The maximum atomic E-state index is 13.5. The van der Waals surface area contributed by atoms with Gasteiger partial charge in [-0.05, 0) is 43.2 Å². The molecule has 0 unspecified atom stereocenters. The normalized spacial score (nSPS) is 14.1. The van der Waals surface area contributed by atoms with Crippen LogP contribution in [0.25, 0.3) is 0 Å². The summed E-state index contributed by atoms with van der Waals surface area (Å²) in [6.45, 7) is 4.34. The molecule has 3 aromatic rings. The third-order valence-electron chi connectivity index (χ3n) is 5.90. The number of halogens is 3. The van der Waals surface area contributed by atoms with Crippen molar-refractivity contribution < 1.29 is 27.9 Å². The lowest BCUT2D eigenvalue weighted by Crippen LogP contribution is -2.30. The van der Waals surface area contributed by atoms with Crippen molar-refractivity contribution in [1.82, 2.24) is 15.1 Å². The molecule has 1 aliphatic heterocycles. The Kier molecular flexibility index (Phi) is 6.07. The number of benzene rings is 2. The number of hydrogen-bond donors (Lipinski definition) is 2. The monoisotopic (exact) mass is 472 g/mol. The zero-order chi connectivity index (χ0) is 24.6. The summed E-state index contributed by atoms with van der Waals surface area (Å²) in [5, 5.41) is 16.4. The highest BCUT2D eigenvalue weighted by atomic mass is 19.4. The maximum Gasteiger partial charge on any atom is 0.416 e. The number of carboxylic acid groups (broad SMARTS) is 1. The predicted molar refractivity (Wildman–Crippen MR) is 119 cm³/mol. The fraction of sp³-hybridized carbons (Fsp3) is 0.292. The van der Waals surface area contributed by atoms with Crippen molar-refractivity contribution in [3.8, 4) is 0 Å². The molecular formula is C24H23F3N4O3. The van der Waals surface area contributed by atoms with Gasteiger partial charge < -0.3 is 15.3 Å². The molecule has 0 aliphatic carbocycles. The van der Waals surface area contributed by atoms with E-state index < -0.39 is 29.7 Å². The van der Waals surface area contributed by atoms with E-state index in [4.69, 9.17) is 5.11 Å². The first-order valence-electron chi connectivity index (χ1n) is 10.7. The molecule has 1 amide bonds. The first-order valence-corrected chi connectivity index (χ1v) is 10.7. The number of nitrogens with one attached hydrogen (secondary N) is 1. The van der Waals surface area contributed by atoms with Gasteiger partial charge in [0.05, 0.1) is 29.4 Å². The van der Waals surface area contributed by atoms with Gasteiger partial charge in [0.25, 0.3) is 5.91 Å². The molecule has 4 rings (SSSR count). The Morgan fingerprint density at radius 2 is 1.79 bits per heavy atom. The summed E-state index contributed by atoms with van der Waals surface area (Å²) in [6, 6.07) is 11.2. The van der Waals surface area contributed by atoms with Gasteiger partial charge in [-0.1, -0.05) is 30.3 Å².